The molecule has 26 heavy (non-hydrogen) atoms. The molecule has 6 nitrogen and oxygen atoms in total. The van der Waals surface area contributed by atoms with E-state index in [1.54, 1.807) is 48.5 Å². The molecule has 0 atom stereocenters. The van der Waals surface area contributed by atoms with Gasteiger partial charge in [0.2, 0.25) is 0 Å². The van der Waals surface area contributed by atoms with E-state index >= 15 is 0 Å². The average Bonchev–Trinajstić information content (AvgIpc) is 2.67. The van der Waals surface area contributed by atoms with Gasteiger partial charge in [-0.2, -0.15) is 0 Å². The molecule has 6 heteroatoms. The van der Waals surface area contributed by atoms with Gasteiger partial charge >= 0.3 is 5.97 Å². The number of nitrogens with zero attached hydrogens (tertiary/aromatic N) is 1. The average molecular weight is 355 g/mol. The van der Waals surface area contributed by atoms with Gasteiger partial charge in [0.05, 0.1) is 13.2 Å². The summed E-state index contributed by atoms with van der Waals surface area (Å²) in [5.41, 5.74) is 0.955. The van der Waals surface area contributed by atoms with E-state index < -0.39 is 12.5 Å². The van der Waals surface area contributed by atoms with Crippen LogP contribution in [0.25, 0.3) is 0 Å². The molecule has 0 spiro atoms. The molecule has 1 heterocycles. The molecule has 0 bridgehead atoms. The van der Waals surface area contributed by atoms with Crippen molar-refractivity contribution in [1.29, 1.82) is 0 Å². The molecule has 3 rings (SSSR count). The van der Waals surface area contributed by atoms with Crippen LogP contribution in [0.5, 0.6) is 5.75 Å². The summed E-state index contributed by atoms with van der Waals surface area (Å²) in [5.74, 6) is -0.740. The molecule has 0 saturated carbocycles. The molecule has 1 fully saturated rings. The zero-order valence-corrected chi connectivity index (χ0v) is 14.3. The summed E-state index contributed by atoms with van der Waals surface area (Å²) in [4.78, 5) is 25.2. The number of aliphatic carboxylic acids is 1. The number of carboxylic acid groups (broad SMARTS) is 1. The molecule has 0 aliphatic carbocycles. The maximum absolute atomic E-state index is 12.8. The van der Waals surface area contributed by atoms with Crippen LogP contribution in [0, 0.1) is 0 Å². The minimum Gasteiger partial charge on any atom is -0.490 e. The third-order valence-corrected chi connectivity index (χ3v) is 4.18. The summed E-state index contributed by atoms with van der Waals surface area (Å²) in [6.07, 6.45) is 1.82. The second kappa shape index (κ2) is 8.49. The maximum atomic E-state index is 12.8. The fourth-order valence-electron chi connectivity index (χ4n) is 2.84. The summed E-state index contributed by atoms with van der Waals surface area (Å²) >= 11 is 0. The SMILES string of the molecule is O=C(O)CN(C(=O)c1ccc(OC2CCOCC2)cc1)c1ccccc1. The van der Waals surface area contributed by atoms with Crippen molar-refractivity contribution in [3.05, 3.63) is 60.2 Å². The quantitative estimate of drug-likeness (QED) is 0.862. The van der Waals surface area contributed by atoms with Gasteiger partial charge in [0.1, 0.15) is 18.4 Å². The van der Waals surface area contributed by atoms with Gasteiger partial charge in [-0.3, -0.25) is 14.5 Å². The number of hydrogen-bond acceptors (Lipinski definition) is 4. The highest BCUT2D eigenvalue weighted by Crippen LogP contribution is 2.21. The standard InChI is InChI=1S/C20H21NO5/c22-19(23)14-21(16-4-2-1-3-5-16)20(24)15-6-8-17(9-7-15)26-18-10-12-25-13-11-18/h1-9,18H,10-14H2,(H,22,23). The highest BCUT2D eigenvalue weighted by atomic mass is 16.5. The molecule has 1 aliphatic heterocycles. The Bertz CT molecular complexity index is 739. The predicted molar refractivity (Wildman–Crippen MR) is 96.7 cm³/mol. The molecular formula is C20H21NO5. The van der Waals surface area contributed by atoms with E-state index in [2.05, 4.69) is 0 Å². The molecule has 0 radical (unpaired) electrons. The molecule has 1 aliphatic rings. The van der Waals surface area contributed by atoms with Gasteiger partial charge in [-0.15, -0.1) is 0 Å². The van der Waals surface area contributed by atoms with Crippen molar-refractivity contribution >= 4 is 17.6 Å². The smallest absolute Gasteiger partial charge is 0.323 e. The number of hydrogen-bond donors (Lipinski definition) is 1. The predicted octanol–water partition coefficient (Wildman–Crippen LogP) is 2.98. The van der Waals surface area contributed by atoms with Crippen LogP contribution in [-0.2, 0) is 9.53 Å². The topological polar surface area (TPSA) is 76.1 Å². The van der Waals surface area contributed by atoms with E-state index in [0.29, 0.717) is 30.2 Å². The number of amides is 1. The van der Waals surface area contributed by atoms with Crippen LogP contribution < -0.4 is 9.64 Å². The van der Waals surface area contributed by atoms with E-state index in [-0.39, 0.29) is 12.0 Å². The van der Waals surface area contributed by atoms with Crippen LogP contribution in [0.1, 0.15) is 23.2 Å². The van der Waals surface area contributed by atoms with Crippen LogP contribution in [0.4, 0.5) is 5.69 Å². The Morgan fingerprint density at radius 1 is 1.04 bits per heavy atom. The van der Waals surface area contributed by atoms with Crippen LogP contribution in [0.3, 0.4) is 0 Å². The zero-order valence-electron chi connectivity index (χ0n) is 14.3. The fraction of sp³-hybridized carbons (Fsp3) is 0.300. The Balaban J connectivity index is 1.73. The number of benzene rings is 2. The van der Waals surface area contributed by atoms with Crippen molar-refractivity contribution < 1.29 is 24.2 Å². The van der Waals surface area contributed by atoms with E-state index in [4.69, 9.17) is 14.6 Å². The normalized spacial score (nSPS) is 14.6. The third-order valence-electron chi connectivity index (χ3n) is 4.18. The minimum atomic E-state index is -1.07. The first-order valence-electron chi connectivity index (χ1n) is 8.56. The van der Waals surface area contributed by atoms with Gasteiger partial charge < -0.3 is 14.6 Å². The Kier molecular flexibility index (Phi) is 5.86. The number of carboxylic acids is 1. The van der Waals surface area contributed by atoms with Crippen LogP contribution in [0.15, 0.2) is 54.6 Å². The van der Waals surface area contributed by atoms with E-state index in [0.717, 1.165) is 12.8 Å². The number of anilines is 1. The highest BCUT2D eigenvalue weighted by molar-refractivity contribution is 6.08. The van der Waals surface area contributed by atoms with Crippen LogP contribution in [-0.4, -0.2) is 42.8 Å². The lowest BCUT2D eigenvalue weighted by molar-refractivity contribution is -0.135. The van der Waals surface area contributed by atoms with Crippen molar-refractivity contribution in [3.63, 3.8) is 0 Å². The van der Waals surface area contributed by atoms with Gasteiger partial charge in [-0.25, -0.2) is 0 Å². The number of carbonyl (C=O) groups excluding carboxylic acids is 1. The maximum Gasteiger partial charge on any atom is 0.323 e. The summed E-state index contributed by atoms with van der Waals surface area (Å²) < 4.78 is 11.2. The molecule has 1 N–H and O–H groups in total. The van der Waals surface area contributed by atoms with E-state index in [1.165, 1.54) is 4.90 Å². The number of para-hydroxylation sites is 1. The van der Waals surface area contributed by atoms with Crippen molar-refractivity contribution in [1.82, 2.24) is 0 Å². The van der Waals surface area contributed by atoms with Crippen molar-refractivity contribution in [3.8, 4) is 5.75 Å². The largest absolute Gasteiger partial charge is 0.490 e. The lowest BCUT2D eigenvalue weighted by atomic mass is 10.1. The Morgan fingerprint density at radius 3 is 2.31 bits per heavy atom. The number of rotatable bonds is 6. The van der Waals surface area contributed by atoms with E-state index in [1.807, 2.05) is 6.07 Å². The molecular weight excluding hydrogens is 334 g/mol. The fourth-order valence-corrected chi connectivity index (χ4v) is 2.84. The minimum absolute atomic E-state index is 0.123. The number of ether oxygens (including phenoxy) is 2. The van der Waals surface area contributed by atoms with Crippen LogP contribution in [0.2, 0.25) is 0 Å². The van der Waals surface area contributed by atoms with Gasteiger partial charge in [-0.05, 0) is 36.4 Å². The first-order chi connectivity index (χ1) is 12.6. The highest BCUT2D eigenvalue weighted by Gasteiger charge is 2.21. The molecule has 1 amide bonds. The summed E-state index contributed by atoms with van der Waals surface area (Å²) in [7, 11) is 0. The van der Waals surface area contributed by atoms with E-state index in [9.17, 15) is 9.59 Å². The Hall–Kier alpha value is -2.86. The van der Waals surface area contributed by atoms with Crippen molar-refractivity contribution in [2.24, 2.45) is 0 Å². The monoisotopic (exact) mass is 355 g/mol. The molecule has 0 unspecified atom stereocenters. The molecule has 2 aromatic carbocycles. The molecule has 2 aromatic rings. The Labute approximate surface area is 152 Å². The van der Waals surface area contributed by atoms with Gasteiger partial charge in [0.15, 0.2) is 0 Å². The second-order valence-electron chi connectivity index (χ2n) is 6.07. The van der Waals surface area contributed by atoms with Gasteiger partial charge in [-0.1, -0.05) is 18.2 Å². The summed E-state index contributed by atoms with van der Waals surface area (Å²) in [6.45, 7) is 0.994. The zero-order chi connectivity index (χ0) is 18.4. The molecule has 1 saturated heterocycles. The van der Waals surface area contributed by atoms with Crippen LogP contribution >= 0.6 is 0 Å². The molecule has 0 aromatic heterocycles. The summed E-state index contributed by atoms with van der Waals surface area (Å²) in [6, 6.07) is 15.6. The third kappa shape index (κ3) is 4.61. The van der Waals surface area contributed by atoms with Gasteiger partial charge in [0.25, 0.3) is 5.91 Å². The Morgan fingerprint density at radius 2 is 1.69 bits per heavy atom. The van der Waals surface area contributed by atoms with Crippen molar-refractivity contribution in [2.45, 2.75) is 18.9 Å². The number of carbonyl (C=O) groups is 2. The lowest BCUT2D eigenvalue weighted by Crippen LogP contribution is -2.35. The molecule has 136 valence electrons. The summed E-state index contributed by atoms with van der Waals surface area (Å²) in [5, 5.41) is 9.14. The first-order valence-corrected chi connectivity index (χ1v) is 8.56. The second-order valence-corrected chi connectivity index (χ2v) is 6.07. The van der Waals surface area contributed by atoms with Crippen molar-refractivity contribution in [2.75, 3.05) is 24.7 Å². The first kappa shape index (κ1) is 17.9. The lowest BCUT2D eigenvalue weighted by Gasteiger charge is -2.24. The van der Waals surface area contributed by atoms with Gasteiger partial charge in [0, 0.05) is 24.1 Å².